The fourth-order valence-electron chi connectivity index (χ4n) is 5.48. The average molecular weight is 547 g/mol. The van der Waals surface area contributed by atoms with Gasteiger partial charge in [-0.2, -0.15) is 0 Å². The first-order valence-corrected chi connectivity index (χ1v) is 13.8. The molecule has 0 aliphatic heterocycles. The molecule has 0 spiro atoms. The smallest absolute Gasteiger partial charge is 0.0798 e. The molecule has 5 aromatic carbocycles. The van der Waals surface area contributed by atoms with Crippen molar-refractivity contribution in [2.45, 2.75) is 52.4 Å². The SMILES string of the molecule is CC(C)(C)c1ccc2c(c1)c1cc(C(C)(C)C)ccc1c1c(-c3cc4ccccc4cc3Br)nccc21. The van der Waals surface area contributed by atoms with Gasteiger partial charge in [-0.25, -0.2) is 0 Å². The van der Waals surface area contributed by atoms with Crippen molar-refractivity contribution in [3.05, 3.63) is 101 Å². The van der Waals surface area contributed by atoms with Crippen LogP contribution >= 0.6 is 15.9 Å². The highest BCUT2D eigenvalue weighted by atomic mass is 79.9. The van der Waals surface area contributed by atoms with Crippen molar-refractivity contribution in [2.75, 3.05) is 0 Å². The number of aromatic nitrogens is 1. The maximum Gasteiger partial charge on any atom is 0.0798 e. The van der Waals surface area contributed by atoms with Crippen LogP contribution < -0.4 is 0 Å². The van der Waals surface area contributed by atoms with E-state index < -0.39 is 0 Å². The van der Waals surface area contributed by atoms with Crippen molar-refractivity contribution < 1.29 is 0 Å². The highest BCUT2D eigenvalue weighted by Crippen LogP contribution is 2.43. The third-order valence-electron chi connectivity index (χ3n) is 7.66. The minimum Gasteiger partial charge on any atom is -0.256 e. The van der Waals surface area contributed by atoms with Gasteiger partial charge in [-0.1, -0.05) is 106 Å². The van der Waals surface area contributed by atoms with Crippen LogP contribution in [0.1, 0.15) is 52.7 Å². The zero-order valence-corrected chi connectivity index (χ0v) is 24.0. The van der Waals surface area contributed by atoms with Gasteiger partial charge >= 0.3 is 0 Å². The standard InChI is InChI=1S/C35H32BrN/c1-34(2,3)23-11-13-25-27-15-16-37-33(30-17-21-9-7-8-10-22(21)18-31(30)36)32(27)26-14-12-24(35(4,5)6)20-29(26)28(25)19-23/h7-20H,1-6H3. The Morgan fingerprint density at radius 2 is 1.11 bits per heavy atom. The second-order valence-electron chi connectivity index (χ2n) is 12.3. The number of benzene rings is 5. The summed E-state index contributed by atoms with van der Waals surface area (Å²) in [5.74, 6) is 0. The lowest BCUT2D eigenvalue weighted by molar-refractivity contribution is 0.590. The summed E-state index contributed by atoms with van der Waals surface area (Å²) in [6.45, 7) is 13.7. The molecule has 0 atom stereocenters. The lowest BCUT2D eigenvalue weighted by Crippen LogP contribution is -2.11. The molecule has 0 aliphatic carbocycles. The zero-order chi connectivity index (χ0) is 26.1. The van der Waals surface area contributed by atoms with E-state index in [2.05, 4.69) is 136 Å². The summed E-state index contributed by atoms with van der Waals surface area (Å²) in [7, 11) is 0. The van der Waals surface area contributed by atoms with Gasteiger partial charge in [-0.15, -0.1) is 0 Å². The van der Waals surface area contributed by atoms with Crippen LogP contribution in [0.5, 0.6) is 0 Å². The molecule has 6 aromatic rings. The fraction of sp³-hybridized carbons (Fsp3) is 0.229. The molecule has 184 valence electrons. The lowest BCUT2D eigenvalue weighted by atomic mass is 9.81. The summed E-state index contributed by atoms with van der Waals surface area (Å²) in [6.07, 6.45) is 1.96. The normalized spacial score (nSPS) is 12.7. The van der Waals surface area contributed by atoms with Gasteiger partial charge in [0.05, 0.1) is 5.69 Å². The maximum absolute atomic E-state index is 5.00. The number of fused-ring (bicyclic) bond motifs is 7. The quantitative estimate of drug-likeness (QED) is 0.187. The molecule has 0 unspecified atom stereocenters. The van der Waals surface area contributed by atoms with Crippen LogP contribution in [0.3, 0.4) is 0 Å². The summed E-state index contributed by atoms with van der Waals surface area (Å²) in [5.41, 5.74) is 4.99. The number of hydrogen-bond donors (Lipinski definition) is 0. The van der Waals surface area contributed by atoms with Gasteiger partial charge in [0.1, 0.15) is 0 Å². The van der Waals surface area contributed by atoms with Crippen LogP contribution in [-0.2, 0) is 10.8 Å². The van der Waals surface area contributed by atoms with Crippen LogP contribution in [0.15, 0.2) is 89.5 Å². The Bertz CT molecular complexity index is 1850. The van der Waals surface area contributed by atoms with Crippen molar-refractivity contribution in [1.82, 2.24) is 4.98 Å². The molecule has 0 radical (unpaired) electrons. The summed E-state index contributed by atoms with van der Waals surface area (Å²) >= 11 is 3.88. The molecule has 6 rings (SSSR count). The zero-order valence-electron chi connectivity index (χ0n) is 22.4. The van der Waals surface area contributed by atoms with Crippen LogP contribution in [0.25, 0.3) is 54.3 Å². The van der Waals surface area contributed by atoms with E-state index in [1.54, 1.807) is 0 Å². The third-order valence-corrected chi connectivity index (χ3v) is 8.32. The molecule has 0 fully saturated rings. The molecule has 0 saturated heterocycles. The molecular formula is C35H32BrN. The van der Waals surface area contributed by atoms with E-state index in [1.165, 1.54) is 54.2 Å². The Kier molecular flexibility index (Phi) is 5.47. The summed E-state index contributed by atoms with van der Waals surface area (Å²) in [6, 6.07) is 29.2. The highest BCUT2D eigenvalue weighted by molar-refractivity contribution is 9.10. The van der Waals surface area contributed by atoms with E-state index in [9.17, 15) is 0 Å². The number of hydrogen-bond acceptors (Lipinski definition) is 1. The van der Waals surface area contributed by atoms with Crippen LogP contribution in [0, 0.1) is 0 Å². The second-order valence-corrected chi connectivity index (χ2v) is 13.1. The maximum atomic E-state index is 5.00. The van der Waals surface area contributed by atoms with E-state index in [-0.39, 0.29) is 10.8 Å². The predicted molar refractivity (Wildman–Crippen MR) is 165 cm³/mol. The summed E-state index contributed by atoms with van der Waals surface area (Å²) < 4.78 is 1.06. The van der Waals surface area contributed by atoms with E-state index in [1.807, 2.05) is 6.20 Å². The summed E-state index contributed by atoms with van der Waals surface area (Å²) in [5, 5.41) is 10.0. The molecule has 1 nitrogen and oxygen atoms in total. The Morgan fingerprint density at radius 1 is 0.568 bits per heavy atom. The van der Waals surface area contributed by atoms with Gasteiger partial charge in [0.2, 0.25) is 0 Å². The number of nitrogens with zero attached hydrogens (tertiary/aromatic N) is 1. The van der Waals surface area contributed by atoms with Crippen LogP contribution in [0.4, 0.5) is 0 Å². The molecular weight excluding hydrogens is 514 g/mol. The van der Waals surface area contributed by atoms with E-state index >= 15 is 0 Å². The fourth-order valence-corrected chi connectivity index (χ4v) is 6.03. The molecule has 0 aliphatic rings. The highest BCUT2D eigenvalue weighted by Gasteiger charge is 2.21. The van der Waals surface area contributed by atoms with Gasteiger partial charge in [-0.3, -0.25) is 4.98 Å². The average Bonchev–Trinajstić information content (AvgIpc) is 2.86. The molecule has 2 heteroatoms. The van der Waals surface area contributed by atoms with Crippen molar-refractivity contribution in [3.8, 4) is 11.3 Å². The first kappa shape index (κ1) is 24.1. The van der Waals surface area contributed by atoms with Gasteiger partial charge in [0, 0.05) is 21.6 Å². The monoisotopic (exact) mass is 545 g/mol. The van der Waals surface area contributed by atoms with E-state index in [0.717, 1.165) is 15.7 Å². The van der Waals surface area contributed by atoms with Crippen molar-refractivity contribution in [1.29, 1.82) is 0 Å². The number of rotatable bonds is 1. The van der Waals surface area contributed by atoms with Crippen LogP contribution in [0.2, 0.25) is 0 Å². The molecule has 0 saturated carbocycles. The number of halogens is 1. The molecule has 0 N–H and O–H groups in total. The first-order valence-electron chi connectivity index (χ1n) is 13.0. The van der Waals surface area contributed by atoms with Crippen molar-refractivity contribution in [2.24, 2.45) is 0 Å². The van der Waals surface area contributed by atoms with Gasteiger partial charge < -0.3 is 0 Å². The molecule has 0 bridgehead atoms. The molecule has 0 amide bonds. The number of pyridine rings is 1. The Morgan fingerprint density at radius 3 is 1.73 bits per heavy atom. The Labute approximate surface area is 227 Å². The Hall–Kier alpha value is -3.23. The van der Waals surface area contributed by atoms with Crippen molar-refractivity contribution in [3.63, 3.8) is 0 Å². The molecule has 1 aromatic heterocycles. The molecule has 1 heterocycles. The lowest BCUT2D eigenvalue weighted by Gasteiger charge is -2.23. The molecule has 37 heavy (non-hydrogen) atoms. The van der Waals surface area contributed by atoms with E-state index in [4.69, 9.17) is 4.98 Å². The topological polar surface area (TPSA) is 12.9 Å². The van der Waals surface area contributed by atoms with Gasteiger partial charge in [0.25, 0.3) is 0 Å². The second kappa shape index (κ2) is 8.39. The minimum atomic E-state index is 0.0657. The van der Waals surface area contributed by atoms with Crippen molar-refractivity contribution >= 4 is 59.0 Å². The largest absolute Gasteiger partial charge is 0.256 e. The first-order chi connectivity index (χ1) is 17.5. The third kappa shape index (κ3) is 4.03. The van der Waals surface area contributed by atoms with Gasteiger partial charge in [-0.05, 0) is 90.0 Å². The minimum absolute atomic E-state index is 0.0657. The predicted octanol–water partition coefficient (Wildman–Crippen LogP) is 10.7. The van der Waals surface area contributed by atoms with Crippen LogP contribution in [-0.4, -0.2) is 4.98 Å². The Balaban J connectivity index is 1.79. The summed E-state index contributed by atoms with van der Waals surface area (Å²) in [4.78, 5) is 5.00. The van der Waals surface area contributed by atoms with E-state index in [0.29, 0.717) is 0 Å². The van der Waals surface area contributed by atoms with Gasteiger partial charge in [0.15, 0.2) is 0 Å².